The van der Waals surface area contributed by atoms with E-state index in [0.29, 0.717) is 5.56 Å². The SMILES string of the molecule is CC(=O)c1c(O)c(C)c(O)c2c1OC1=CC(=O)C(=C(C)N[C@@H](C(N)=O)c3ccc(O)cc3)C(=O)[C@@]12C. The smallest absolute Gasteiger partial charge is 0.244 e. The molecule has 10 nitrogen and oxygen atoms in total. The number of carbonyl (C=O) groups excluding carboxylic acids is 4. The maximum Gasteiger partial charge on any atom is 0.244 e. The number of phenols is 3. The Morgan fingerprint density at radius 1 is 1.06 bits per heavy atom. The van der Waals surface area contributed by atoms with Crippen molar-refractivity contribution in [2.45, 2.75) is 39.2 Å². The first-order chi connectivity index (χ1) is 16.8. The number of phenolic OH excluding ortho intramolecular Hbond substituents is 3. The molecule has 0 fully saturated rings. The van der Waals surface area contributed by atoms with Gasteiger partial charge < -0.3 is 31.1 Å². The molecule has 36 heavy (non-hydrogen) atoms. The van der Waals surface area contributed by atoms with Crippen LogP contribution in [0.3, 0.4) is 0 Å². The predicted octanol–water partition coefficient (Wildman–Crippen LogP) is 2.09. The van der Waals surface area contributed by atoms with Crippen molar-refractivity contribution in [1.29, 1.82) is 0 Å². The van der Waals surface area contributed by atoms with Gasteiger partial charge in [0, 0.05) is 17.3 Å². The van der Waals surface area contributed by atoms with E-state index < -0.39 is 46.2 Å². The molecule has 0 unspecified atom stereocenters. The third-order valence-corrected chi connectivity index (χ3v) is 6.63. The highest BCUT2D eigenvalue weighted by Crippen LogP contribution is 2.57. The zero-order chi connectivity index (χ0) is 26.7. The standard InChI is InChI=1S/C26H24N2O8/c1-10-21(32)18(12(3)29)23-19(22(10)33)26(4)16(36-23)9-15(31)17(24(26)34)11(2)28-20(25(27)35)13-5-7-14(30)8-6-13/h5-9,20,28,30,32-33H,1-4H3,(H2,27,35)/t20-,26+/m1/s1. The summed E-state index contributed by atoms with van der Waals surface area (Å²) in [4.78, 5) is 51.4. The molecular formula is C26H24N2O8. The van der Waals surface area contributed by atoms with Gasteiger partial charge in [0.25, 0.3) is 0 Å². The zero-order valence-electron chi connectivity index (χ0n) is 19.9. The summed E-state index contributed by atoms with van der Waals surface area (Å²) in [5, 5.41) is 33.7. The molecule has 0 spiro atoms. The lowest BCUT2D eigenvalue weighted by Gasteiger charge is -2.29. The predicted molar refractivity (Wildman–Crippen MR) is 126 cm³/mol. The Balaban J connectivity index is 1.87. The Morgan fingerprint density at radius 3 is 2.22 bits per heavy atom. The van der Waals surface area contributed by atoms with E-state index >= 15 is 0 Å². The number of hydrogen-bond acceptors (Lipinski definition) is 9. The number of ketones is 3. The number of nitrogens with one attached hydrogen (secondary N) is 1. The summed E-state index contributed by atoms with van der Waals surface area (Å²) in [5.41, 5.74) is 3.74. The molecule has 4 rings (SSSR count). The van der Waals surface area contributed by atoms with Crippen molar-refractivity contribution >= 4 is 23.3 Å². The number of nitrogens with two attached hydrogens (primary N) is 1. The third kappa shape index (κ3) is 3.41. The van der Waals surface area contributed by atoms with Crippen LogP contribution in [0.15, 0.2) is 47.4 Å². The van der Waals surface area contributed by atoms with Gasteiger partial charge in [-0.05, 0) is 45.4 Å². The van der Waals surface area contributed by atoms with Crippen LogP contribution in [0.2, 0.25) is 0 Å². The topological polar surface area (TPSA) is 176 Å². The molecule has 2 aromatic rings. The minimum atomic E-state index is -1.69. The van der Waals surface area contributed by atoms with Crippen molar-refractivity contribution in [2.75, 3.05) is 0 Å². The zero-order valence-corrected chi connectivity index (χ0v) is 19.9. The second-order valence-electron chi connectivity index (χ2n) is 8.96. The fourth-order valence-corrected chi connectivity index (χ4v) is 4.64. The molecule has 1 aliphatic heterocycles. The van der Waals surface area contributed by atoms with Crippen molar-refractivity contribution in [1.82, 2.24) is 5.32 Å². The summed E-state index contributed by atoms with van der Waals surface area (Å²) in [6.07, 6.45) is 1.08. The van der Waals surface area contributed by atoms with E-state index in [4.69, 9.17) is 10.5 Å². The summed E-state index contributed by atoms with van der Waals surface area (Å²) in [7, 11) is 0. The quantitative estimate of drug-likeness (QED) is 0.238. The Kier molecular flexibility index (Phi) is 5.63. The Morgan fingerprint density at radius 2 is 1.67 bits per heavy atom. The van der Waals surface area contributed by atoms with Gasteiger partial charge in [-0.3, -0.25) is 19.2 Å². The average molecular weight is 492 g/mol. The summed E-state index contributed by atoms with van der Waals surface area (Å²) < 4.78 is 5.73. The summed E-state index contributed by atoms with van der Waals surface area (Å²) >= 11 is 0. The highest BCUT2D eigenvalue weighted by Gasteiger charge is 2.56. The van der Waals surface area contributed by atoms with Crippen LogP contribution >= 0.6 is 0 Å². The first-order valence-electron chi connectivity index (χ1n) is 10.9. The van der Waals surface area contributed by atoms with Gasteiger partial charge in [0.1, 0.15) is 45.8 Å². The van der Waals surface area contributed by atoms with Gasteiger partial charge in [0.2, 0.25) is 5.91 Å². The first-order valence-corrected chi connectivity index (χ1v) is 10.9. The first kappa shape index (κ1) is 24.5. The summed E-state index contributed by atoms with van der Waals surface area (Å²) in [5.74, 6) is -4.03. The number of fused-ring (bicyclic) bond motifs is 3. The second-order valence-corrected chi connectivity index (χ2v) is 8.96. The van der Waals surface area contributed by atoms with Crippen LogP contribution in [0.5, 0.6) is 23.0 Å². The Bertz CT molecular complexity index is 1440. The van der Waals surface area contributed by atoms with Gasteiger partial charge in [-0.2, -0.15) is 0 Å². The van der Waals surface area contributed by atoms with E-state index in [9.17, 15) is 34.5 Å². The normalized spacial score (nSPS) is 20.6. The van der Waals surface area contributed by atoms with Crippen LogP contribution in [0.25, 0.3) is 0 Å². The average Bonchev–Trinajstić information content (AvgIpc) is 3.09. The lowest BCUT2D eigenvalue weighted by Crippen LogP contribution is -2.42. The van der Waals surface area contributed by atoms with Gasteiger partial charge in [0.15, 0.2) is 17.3 Å². The largest absolute Gasteiger partial charge is 0.508 e. The number of Topliss-reactive ketones (excluding diaryl/α,β-unsaturated/α-hetero) is 2. The molecule has 2 aromatic carbocycles. The molecule has 0 saturated carbocycles. The monoisotopic (exact) mass is 492 g/mol. The van der Waals surface area contributed by atoms with Crippen LogP contribution < -0.4 is 15.8 Å². The lowest BCUT2D eigenvalue weighted by molar-refractivity contribution is -0.124. The second kappa shape index (κ2) is 8.26. The van der Waals surface area contributed by atoms with E-state index in [2.05, 4.69) is 5.32 Å². The van der Waals surface area contributed by atoms with Crippen LogP contribution in [-0.4, -0.2) is 38.6 Å². The van der Waals surface area contributed by atoms with Gasteiger partial charge in [-0.1, -0.05) is 12.1 Å². The fourth-order valence-electron chi connectivity index (χ4n) is 4.64. The molecule has 10 heteroatoms. The maximum absolute atomic E-state index is 13.9. The minimum Gasteiger partial charge on any atom is -0.508 e. The number of carbonyl (C=O) groups is 4. The van der Waals surface area contributed by atoms with Crippen molar-refractivity contribution in [3.63, 3.8) is 0 Å². The van der Waals surface area contributed by atoms with Crippen molar-refractivity contribution in [3.05, 3.63) is 69.6 Å². The molecule has 2 atom stereocenters. The van der Waals surface area contributed by atoms with Gasteiger partial charge >= 0.3 is 0 Å². The highest BCUT2D eigenvalue weighted by molar-refractivity contribution is 6.31. The molecule has 186 valence electrons. The number of rotatable bonds is 5. The molecule has 1 heterocycles. The van der Waals surface area contributed by atoms with E-state index in [0.717, 1.165) is 6.08 Å². The third-order valence-electron chi connectivity index (χ3n) is 6.63. The number of ether oxygens (including phenoxy) is 1. The van der Waals surface area contributed by atoms with E-state index in [1.165, 1.54) is 52.0 Å². The molecule has 1 aliphatic carbocycles. The molecule has 6 N–H and O–H groups in total. The van der Waals surface area contributed by atoms with Crippen LogP contribution in [0, 0.1) is 6.92 Å². The molecule has 0 aromatic heterocycles. The van der Waals surface area contributed by atoms with Crippen LogP contribution in [0.1, 0.15) is 53.9 Å². The van der Waals surface area contributed by atoms with E-state index in [1.54, 1.807) is 0 Å². The van der Waals surface area contributed by atoms with Crippen molar-refractivity contribution in [3.8, 4) is 23.0 Å². The van der Waals surface area contributed by atoms with E-state index in [-0.39, 0.29) is 45.2 Å². The maximum atomic E-state index is 13.9. The number of amides is 1. The van der Waals surface area contributed by atoms with Gasteiger partial charge in [-0.15, -0.1) is 0 Å². The van der Waals surface area contributed by atoms with Crippen LogP contribution in [-0.2, 0) is 19.8 Å². The van der Waals surface area contributed by atoms with E-state index in [1.807, 2.05) is 0 Å². The number of aromatic hydroxyl groups is 3. The van der Waals surface area contributed by atoms with Crippen molar-refractivity contribution < 1.29 is 39.2 Å². The molecule has 0 radical (unpaired) electrons. The number of allylic oxidation sites excluding steroid dienone is 4. The molecule has 0 bridgehead atoms. The summed E-state index contributed by atoms with van der Waals surface area (Å²) in [6, 6.07) is 4.54. The van der Waals surface area contributed by atoms with Crippen molar-refractivity contribution in [2.24, 2.45) is 5.73 Å². The summed E-state index contributed by atoms with van der Waals surface area (Å²) in [6.45, 7) is 5.47. The Labute approximate surface area is 205 Å². The highest BCUT2D eigenvalue weighted by atomic mass is 16.5. The minimum absolute atomic E-state index is 0.0174. The molecule has 2 aliphatic rings. The number of benzene rings is 2. The van der Waals surface area contributed by atoms with Crippen LogP contribution in [0.4, 0.5) is 0 Å². The van der Waals surface area contributed by atoms with Gasteiger partial charge in [-0.25, -0.2) is 0 Å². The fraction of sp³-hybridized carbons (Fsp3) is 0.231. The van der Waals surface area contributed by atoms with Gasteiger partial charge in [0.05, 0.1) is 11.1 Å². The molecule has 1 amide bonds. The Hall–Kier alpha value is -4.60. The number of hydrogen-bond donors (Lipinski definition) is 5. The lowest BCUT2D eigenvalue weighted by atomic mass is 9.70. The molecular weight excluding hydrogens is 468 g/mol. The number of primary amides is 1. The molecule has 0 saturated heterocycles.